The Hall–Kier alpha value is -5.12. The highest BCUT2D eigenvalue weighted by atomic mass is 19.1. The number of pyridine rings is 2. The molecule has 38 heavy (non-hydrogen) atoms. The maximum Gasteiger partial charge on any atom is 0.265 e. The SMILES string of the molecule is Cc1ccccc1-n1c(Cn2nc(-c3ccc(O)c(F)c3)c3c(N)ncnc32)cc2nccc(C)c2c1=O. The summed E-state index contributed by atoms with van der Waals surface area (Å²) in [5.41, 5.74) is 10.9. The molecule has 2 aromatic carbocycles. The summed E-state index contributed by atoms with van der Waals surface area (Å²) in [5.74, 6) is -1.08. The molecule has 10 heteroatoms. The molecule has 188 valence electrons. The van der Waals surface area contributed by atoms with Gasteiger partial charge in [0.2, 0.25) is 0 Å². The Morgan fingerprint density at radius 3 is 2.58 bits per heavy atom. The van der Waals surface area contributed by atoms with Gasteiger partial charge in [0.15, 0.2) is 17.2 Å². The number of aromatic nitrogens is 6. The summed E-state index contributed by atoms with van der Waals surface area (Å²) in [5, 5.41) is 15.4. The molecule has 0 radical (unpaired) electrons. The molecule has 3 N–H and O–H groups in total. The average molecular weight is 508 g/mol. The number of hydrogen-bond acceptors (Lipinski definition) is 7. The molecule has 0 spiro atoms. The van der Waals surface area contributed by atoms with Crippen molar-refractivity contribution in [1.29, 1.82) is 0 Å². The molecule has 0 unspecified atom stereocenters. The molecule has 0 atom stereocenters. The van der Waals surface area contributed by atoms with E-state index in [1.807, 2.05) is 50.2 Å². The highest BCUT2D eigenvalue weighted by Crippen LogP contribution is 2.32. The fourth-order valence-corrected chi connectivity index (χ4v) is 4.78. The van der Waals surface area contributed by atoms with Gasteiger partial charge in [0, 0.05) is 11.8 Å². The standard InChI is InChI=1S/C28H22FN7O2/c1-15-5-3-4-6-21(15)36-18(12-20-23(28(36)38)16(2)9-10-31-20)13-35-27-24(26(30)32-14-33-27)25(34-35)17-7-8-22(37)19(29)11-17/h3-12,14,37H,13H2,1-2H3,(H2,30,32,33). The van der Waals surface area contributed by atoms with Gasteiger partial charge in [-0.15, -0.1) is 0 Å². The van der Waals surface area contributed by atoms with E-state index in [1.54, 1.807) is 21.5 Å². The Balaban J connectivity index is 1.62. The van der Waals surface area contributed by atoms with Gasteiger partial charge in [0.05, 0.1) is 34.2 Å². The van der Waals surface area contributed by atoms with Gasteiger partial charge in [-0.3, -0.25) is 14.3 Å². The normalized spacial score (nSPS) is 11.4. The van der Waals surface area contributed by atoms with Crippen LogP contribution < -0.4 is 11.3 Å². The van der Waals surface area contributed by atoms with E-state index >= 15 is 0 Å². The summed E-state index contributed by atoms with van der Waals surface area (Å²) >= 11 is 0. The van der Waals surface area contributed by atoms with Crippen molar-refractivity contribution in [2.24, 2.45) is 0 Å². The van der Waals surface area contributed by atoms with Gasteiger partial charge in [-0.1, -0.05) is 18.2 Å². The Morgan fingerprint density at radius 2 is 1.79 bits per heavy atom. The lowest BCUT2D eigenvalue weighted by Gasteiger charge is -2.17. The van der Waals surface area contributed by atoms with Crippen molar-refractivity contribution >= 4 is 27.8 Å². The number of aromatic hydroxyl groups is 1. The molecule has 6 rings (SSSR count). The Kier molecular flexibility index (Phi) is 5.37. The van der Waals surface area contributed by atoms with Crippen LogP contribution in [0.1, 0.15) is 16.8 Å². The van der Waals surface area contributed by atoms with E-state index in [0.29, 0.717) is 38.9 Å². The molecule has 4 aromatic heterocycles. The third-order valence-electron chi connectivity index (χ3n) is 6.64. The molecule has 0 fully saturated rings. The molecule has 0 amide bonds. The highest BCUT2D eigenvalue weighted by Gasteiger charge is 2.21. The largest absolute Gasteiger partial charge is 0.505 e. The minimum Gasteiger partial charge on any atom is -0.505 e. The number of phenols is 1. The van der Waals surface area contributed by atoms with Gasteiger partial charge < -0.3 is 10.8 Å². The zero-order valence-electron chi connectivity index (χ0n) is 20.6. The van der Waals surface area contributed by atoms with E-state index in [4.69, 9.17) is 10.8 Å². The first-order valence-corrected chi connectivity index (χ1v) is 11.9. The zero-order chi connectivity index (χ0) is 26.6. The predicted molar refractivity (Wildman–Crippen MR) is 143 cm³/mol. The van der Waals surface area contributed by atoms with Crippen molar-refractivity contribution in [2.75, 3.05) is 5.73 Å². The number of aryl methyl sites for hydroxylation is 2. The van der Waals surface area contributed by atoms with Crippen LogP contribution in [0.15, 0.2) is 71.9 Å². The van der Waals surface area contributed by atoms with Crippen molar-refractivity contribution in [3.05, 3.63) is 100 Å². The summed E-state index contributed by atoms with van der Waals surface area (Å²) in [7, 11) is 0. The Morgan fingerprint density at radius 1 is 0.974 bits per heavy atom. The maximum absolute atomic E-state index is 14.2. The molecule has 0 saturated heterocycles. The van der Waals surface area contributed by atoms with E-state index < -0.39 is 11.6 Å². The molecule has 4 heterocycles. The number of nitrogens with two attached hydrogens (primary N) is 1. The summed E-state index contributed by atoms with van der Waals surface area (Å²) in [6.07, 6.45) is 3.00. The van der Waals surface area contributed by atoms with E-state index in [9.17, 15) is 14.3 Å². The third-order valence-corrected chi connectivity index (χ3v) is 6.64. The van der Waals surface area contributed by atoms with Crippen LogP contribution in [-0.4, -0.2) is 34.4 Å². The Bertz CT molecular complexity index is 1940. The Labute approximate surface area is 215 Å². The summed E-state index contributed by atoms with van der Waals surface area (Å²) in [6.45, 7) is 3.97. The van der Waals surface area contributed by atoms with Crippen molar-refractivity contribution in [3.63, 3.8) is 0 Å². The molecule has 0 bridgehead atoms. The lowest BCUT2D eigenvalue weighted by atomic mass is 10.1. The van der Waals surface area contributed by atoms with Gasteiger partial charge in [0.25, 0.3) is 5.56 Å². The van der Waals surface area contributed by atoms with Crippen molar-refractivity contribution < 1.29 is 9.50 Å². The summed E-state index contributed by atoms with van der Waals surface area (Å²) in [4.78, 5) is 26.9. The number of hydrogen-bond donors (Lipinski definition) is 2. The second-order valence-electron chi connectivity index (χ2n) is 9.08. The van der Waals surface area contributed by atoms with Crippen LogP contribution in [0.3, 0.4) is 0 Å². The molecule has 0 aliphatic rings. The molecule has 6 aromatic rings. The summed E-state index contributed by atoms with van der Waals surface area (Å²) in [6, 6.07) is 15.3. The van der Waals surface area contributed by atoms with Crippen LogP contribution in [0.2, 0.25) is 0 Å². The first-order chi connectivity index (χ1) is 18.3. The van der Waals surface area contributed by atoms with E-state index in [2.05, 4.69) is 15.0 Å². The van der Waals surface area contributed by atoms with Crippen LogP contribution in [0.4, 0.5) is 10.2 Å². The van der Waals surface area contributed by atoms with Crippen LogP contribution in [0.25, 0.3) is 38.9 Å². The number of para-hydroxylation sites is 1. The third kappa shape index (κ3) is 3.65. The fourth-order valence-electron chi connectivity index (χ4n) is 4.78. The number of halogens is 1. The maximum atomic E-state index is 14.2. The second-order valence-corrected chi connectivity index (χ2v) is 9.08. The monoisotopic (exact) mass is 507 g/mol. The van der Waals surface area contributed by atoms with Gasteiger partial charge in [0.1, 0.15) is 17.8 Å². The topological polar surface area (TPSA) is 125 Å². The molecule has 0 aliphatic heterocycles. The number of rotatable bonds is 4. The fraction of sp³-hybridized carbons (Fsp3) is 0.107. The van der Waals surface area contributed by atoms with E-state index in [1.165, 1.54) is 18.5 Å². The quantitative estimate of drug-likeness (QED) is 0.365. The average Bonchev–Trinajstić information content (AvgIpc) is 3.26. The number of benzene rings is 2. The lowest BCUT2D eigenvalue weighted by molar-refractivity contribution is 0.432. The first-order valence-electron chi connectivity index (χ1n) is 11.9. The van der Waals surface area contributed by atoms with Crippen LogP contribution >= 0.6 is 0 Å². The lowest BCUT2D eigenvalue weighted by Crippen LogP contribution is -2.25. The van der Waals surface area contributed by atoms with Crippen molar-refractivity contribution in [1.82, 2.24) is 29.3 Å². The van der Waals surface area contributed by atoms with Crippen molar-refractivity contribution in [3.8, 4) is 22.7 Å². The number of phenolic OH excluding ortho intramolecular Hbond substituents is 1. The minimum atomic E-state index is -0.787. The summed E-state index contributed by atoms with van der Waals surface area (Å²) < 4.78 is 17.5. The van der Waals surface area contributed by atoms with Crippen molar-refractivity contribution in [2.45, 2.75) is 20.4 Å². The first kappa shape index (κ1) is 23.3. The highest BCUT2D eigenvalue weighted by molar-refractivity contribution is 5.98. The van der Waals surface area contributed by atoms with Gasteiger partial charge in [-0.05, 0) is 61.4 Å². The minimum absolute atomic E-state index is 0.142. The van der Waals surface area contributed by atoms with Crippen LogP contribution in [-0.2, 0) is 6.54 Å². The zero-order valence-corrected chi connectivity index (χ0v) is 20.6. The van der Waals surface area contributed by atoms with Crippen LogP contribution in [0, 0.1) is 19.7 Å². The smallest absolute Gasteiger partial charge is 0.265 e. The van der Waals surface area contributed by atoms with Gasteiger partial charge >= 0.3 is 0 Å². The molecule has 0 aliphatic carbocycles. The van der Waals surface area contributed by atoms with Gasteiger partial charge in [-0.25, -0.2) is 19.0 Å². The number of nitrogens with zero attached hydrogens (tertiary/aromatic N) is 6. The van der Waals surface area contributed by atoms with Gasteiger partial charge in [-0.2, -0.15) is 5.10 Å². The molecule has 9 nitrogen and oxygen atoms in total. The van der Waals surface area contributed by atoms with E-state index in [0.717, 1.165) is 16.8 Å². The van der Waals surface area contributed by atoms with Crippen LogP contribution in [0.5, 0.6) is 5.75 Å². The number of fused-ring (bicyclic) bond motifs is 2. The number of anilines is 1. The molecular weight excluding hydrogens is 485 g/mol. The number of nitrogen functional groups attached to an aromatic ring is 1. The second kappa shape index (κ2) is 8.77. The molecular formula is C28H22FN7O2. The van der Waals surface area contributed by atoms with E-state index in [-0.39, 0.29) is 17.9 Å². The molecule has 0 saturated carbocycles. The predicted octanol–water partition coefficient (Wildman–Crippen LogP) is 4.28.